The van der Waals surface area contributed by atoms with Gasteiger partial charge in [0.15, 0.2) is 5.57 Å². The van der Waals surface area contributed by atoms with Crippen LogP contribution >= 0.6 is 22.9 Å². The molecule has 1 aromatic heterocycles. The average Bonchev–Trinajstić information content (AvgIpc) is 3.17. The molecule has 8 heteroatoms. The molecular weight excluding hydrogens is 470 g/mol. The number of methoxy groups -OCH3 is 1. The van der Waals surface area contributed by atoms with Gasteiger partial charge in [-0.25, -0.2) is 0 Å². The summed E-state index contributed by atoms with van der Waals surface area (Å²) in [7, 11) is 1.57. The minimum absolute atomic E-state index is 0.198. The molecule has 0 fully saturated rings. The van der Waals surface area contributed by atoms with E-state index in [4.69, 9.17) is 16.3 Å². The molecule has 0 unspecified atom stereocenters. The van der Waals surface area contributed by atoms with E-state index in [1.54, 1.807) is 73.8 Å². The van der Waals surface area contributed by atoms with E-state index in [-0.39, 0.29) is 15.8 Å². The molecule has 4 rings (SSSR count). The van der Waals surface area contributed by atoms with Gasteiger partial charge >= 0.3 is 0 Å². The summed E-state index contributed by atoms with van der Waals surface area (Å²) in [5.74, 6) is -0.00762. The number of thiazole rings is 1. The number of benzene rings is 3. The highest BCUT2D eigenvalue weighted by atomic mass is 35.5. The summed E-state index contributed by atoms with van der Waals surface area (Å²) in [5.41, 5.74) is 1.13. The van der Waals surface area contributed by atoms with Crippen molar-refractivity contribution < 1.29 is 9.53 Å². The van der Waals surface area contributed by atoms with Gasteiger partial charge in [0.2, 0.25) is 0 Å². The molecule has 0 saturated carbocycles. The van der Waals surface area contributed by atoms with Crippen LogP contribution < -0.4 is 24.8 Å². The Morgan fingerprint density at radius 3 is 2.53 bits per heavy atom. The van der Waals surface area contributed by atoms with Crippen LogP contribution in [0.4, 0.5) is 5.69 Å². The fraction of sp³-hybridized carbons (Fsp3) is 0.0385. The van der Waals surface area contributed by atoms with E-state index in [0.29, 0.717) is 26.7 Å². The second-order valence-corrected chi connectivity index (χ2v) is 8.53. The predicted octanol–water partition coefficient (Wildman–Crippen LogP) is 3.70. The average molecular weight is 488 g/mol. The van der Waals surface area contributed by atoms with Gasteiger partial charge in [0.25, 0.3) is 11.5 Å². The normalized spacial score (nSPS) is 12.1. The summed E-state index contributed by atoms with van der Waals surface area (Å²) >= 11 is 7.22. The second kappa shape index (κ2) is 10.2. The van der Waals surface area contributed by atoms with Crippen LogP contribution in [0.2, 0.25) is 5.02 Å². The number of nitrogens with zero attached hydrogens (tertiary/aromatic N) is 2. The van der Waals surface area contributed by atoms with Crippen molar-refractivity contribution in [3.8, 4) is 17.5 Å². The molecule has 1 N–H and O–H groups in total. The quantitative estimate of drug-likeness (QED) is 0.465. The lowest BCUT2D eigenvalue weighted by Gasteiger charge is -2.07. The zero-order valence-corrected chi connectivity index (χ0v) is 19.6. The smallest absolute Gasteiger partial charge is 0.273 e. The Balaban J connectivity index is 1.96. The number of halogens is 1. The zero-order chi connectivity index (χ0) is 24.1. The molecule has 0 saturated heterocycles. The van der Waals surface area contributed by atoms with Gasteiger partial charge in [-0.3, -0.25) is 14.2 Å². The van der Waals surface area contributed by atoms with Crippen LogP contribution in [0, 0.1) is 11.3 Å². The number of carbonyl (C=O) groups excluding carboxylic acids is 1. The molecule has 4 aromatic rings. The van der Waals surface area contributed by atoms with Crippen molar-refractivity contribution in [3.05, 3.63) is 109 Å². The number of anilines is 1. The lowest BCUT2D eigenvalue weighted by Crippen LogP contribution is -2.32. The molecule has 0 atom stereocenters. The van der Waals surface area contributed by atoms with Gasteiger partial charge in [0.1, 0.15) is 16.5 Å². The predicted molar refractivity (Wildman–Crippen MR) is 135 cm³/mol. The Morgan fingerprint density at radius 2 is 1.82 bits per heavy atom. The summed E-state index contributed by atoms with van der Waals surface area (Å²) < 4.78 is 7.23. The number of ether oxygens (including phenoxy) is 1. The van der Waals surface area contributed by atoms with E-state index < -0.39 is 5.91 Å². The van der Waals surface area contributed by atoms with Crippen molar-refractivity contribution in [1.82, 2.24) is 4.57 Å². The summed E-state index contributed by atoms with van der Waals surface area (Å²) in [5, 5.41) is 12.9. The van der Waals surface area contributed by atoms with E-state index in [2.05, 4.69) is 5.32 Å². The minimum Gasteiger partial charge on any atom is -0.497 e. The number of amides is 1. The molecule has 0 bridgehead atoms. The lowest BCUT2D eigenvalue weighted by atomic mass is 10.2. The molecule has 0 aliphatic heterocycles. The highest BCUT2D eigenvalue weighted by Crippen LogP contribution is 2.21. The Hall–Kier alpha value is -4.12. The first-order chi connectivity index (χ1) is 16.5. The van der Waals surface area contributed by atoms with Crippen LogP contribution in [-0.2, 0) is 4.79 Å². The highest BCUT2D eigenvalue weighted by molar-refractivity contribution is 7.07. The molecular formula is C26H18ClN3O3S. The summed E-state index contributed by atoms with van der Waals surface area (Å²) in [6, 6.07) is 24.8. The number of rotatable bonds is 5. The number of para-hydroxylation sites is 2. The Kier molecular flexibility index (Phi) is 6.93. The van der Waals surface area contributed by atoms with E-state index in [9.17, 15) is 14.9 Å². The van der Waals surface area contributed by atoms with Crippen LogP contribution in [0.5, 0.6) is 5.75 Å². The van der Waals surface area contributed by atoms with Gasteiger partial charge in [-0.1, -0.05) is 54.1 Å². The number of nitrogens with one attached hydrogen (secondary N) is 1. The number of carbonyl (C=O) groups is 1. The molecule has 0 radical (unpaired) electrons. The molecule has 1 heterocycles. The van der Waals surface area contributed by atoms with Crippen LogP contribution in [0.15, 0.2) is 83.7 Å². The molecule has 0 aliphatic carbocycles. The number of nitriles is 1. The van der Waals surface area contributed by atoms with Gasteiger partial charge in [0, 0.05) is 0 Å². The maximum absolute atomic E-state index is 13.4. The summed E-state index contributed by atoms with van der Waals surface area (Å²) in [6.45, 7) is 0. The second-order valence-electron chi connectivity index (χ2n) is 7.09. The summed E-state index contributed by atoms with van der Waals surface area (Å²) in [4.78, 5) is 26.5. The molecule has 0 aliphatic rings. The first-order valence-electron chi connectivity index (χ1n) is 10.1. The zero-order valence-electron chi connectivity index (χ0n) is 18.0. The molecule has 34 heavy (non-hydrogen) atoms. The third-order valence-corrected chi connectivity index (χ3v) is 6.33. The van der Waals surface area contributed by atoms with Crippen molar-refractivity contribution in [2.75, 3.05) is 12.4 Å². The fourth-order valence-corrected chi connectivity index (χ4v) is 4.57. The first-order valence-corrected chi connectivity index (χ1v) is 11.3. The van der Waals surface area contributed by atoms with Crippen molar-refractivity contribution in [3.63, 3.8) is 0 Å². The Bertz CT molecular complexity index is 1580. The first kappa shape index (κ1) is 23.1. The standard InChI is InChI=1S/C26H18ClN3O3S/c1-33-19-11-7-8-17(14-19)15-23-25(32)30(18-9-3-2-4-10-18)26(34-23)20(16-28)24(31)29-22-13-6-5-12-21(22)27/h2-15H,1H3,(H,29,31)/b23-15+,26-20+. The monoisotopic (exact) mass is 487 g/mol. The lowest BCUT2D eigenvalue weighted by molar-refractivity contribution is -0.111. The fourth-order valence-electron chi connectivity index (χ4n) is 3.29. The van der Waals surface area contributed by atoms with Gasteiger partial charge < -0.3 is 10.1 Å². The Morgan fingerprint density at radius 1 is 1.09 bits per heavy atom. The van der Waals surface area contributed by atoms with Crippen molar-refractivity contribution in [1.29, 1.82) is 5.26 Å². The van der Waals surface area contributed by atoms with E-state index >= 15 is 0 Å². The van der Waals surface area contributed by atoms with Crippen LogP contribution in [0.1, 0.15) is 5.56 Å². The van der Waals surface area contributed by atoms with Crippen LogP contribution in [0.3, 0.4) is 0 Å². The summed E-state index contributed by atoms with van der Waals surface area (Å²) in [6.07, 6.45) is 1.71. The van der Waals surface area contributed by atoms with E-state index in [0.717, 1.165) is 16.9 Å². The molecule has 6 nitrogen and oxygen atoms in total. The molecule has 168 valence electrons. The Labute approximate surface area is 204 Å². The molecule has 3 aromatic carbocycles. The highest BCUT2D eigenvalue weighted by Gasteiger charge is 2.18. The molecule has 1 amide bonds. The van der Waals surface area contributed by atoms with Crippen molar-refractivity contribution >= 4 is 46.2 Å². The number of aromatic nitrogens is 1. The maximum atomic E-state index is 13.4. The third kappa shape index (κ3) is 4.79. The van der Waals surface area contributed by atoms with Crippen LogP contribution in [-0.4, -0.2) is 17.6 Å². The van der Waals surface area contributed by atoms with Crippen molar-refractivity contribution in [2.45, 2.75) is 0 Å². The largest absolute Gasteiger partial charge is 0.497 e. The third-order valence-electron chi connectivity index (χ3n) is 4.90. The van der Waals surface area contributed by atoms with Gasteiger partial charge in [0.05, 0.1) is 28.0 Å². The van der Waals surface area contributed by atoms with E-state index in [1.165, 1.54) is 4.57 Å². The SMILES string of the molecule is COc1cccc(/C=c2/s/c(=C(\C#N)C(=O)Nc3ccccc3Cl)n(-c3ccccc3)c2=O)c1. The molecule has 0 spiro atoms. The van der Waals surface area contributed by atoms with Gasteiger partial charge in [-0.15, -0.1) is 11.3 Å². The maximum Gasteiger partial charge on any atom is 0.273 e. The minimum atomic E-state index is -0.658. The van der Waals surface area contributed by atoms with Gasteiger partial charge in [-0.2, -0.15) is 5.26 Å². The number of hydrogen-bond donors (Lipinski definition) is 1. The van der Waals surface area contributed by atoms with E-state index in [1.807, 2.05) is 24.3 Å². The van der Waals surface area contributed by atoms with Crippen LogP contribution in [0.25, 0.3) is 17.3 Å². The van der Waals surface area contributed by atoms with Crippen molar-refractivity contribution in [2.24, 2.45) is 0 Å². The topological polar surface area (TPSA) is 84.1 Å². The van der Waals surface area contributed by atoms with Gasteiger partial charge in [-0.05, 0) is 48.0 Å². The number of hydrogen-bond acceptors (Lipinski definition) is 5.